The molecule has 0 saturated carbocycles. The second kappa shape index (κ2) is 7.61. The van der Waals surface area contributed by atoms with Crippen molar-refractivity contribution in [3.05, 3.63) is 59.7 Å². The predicted octanol–water partition coefficient (Wildman–Crippen LogP) is 2.36. The van der Waals surface area contributed by atoms with Gasteiger partial charge in [-0.15, -0.1) is 0 Å². The lowest BCUT2D eigenvalue weighted by atomic mass is 10.2. The van der Waals surface area contributed by atoms with Crippen LogP contribution in [0.5, 0.6) is 5.75 Å². The maximum atomic E-state index is 12.0. The number of carbonyl (C=O) groups is 2. The third kappa shape index (κ3) is 4.32. The molecule has 2 aromatic carbocycles. The van der Waals surface area contributed by atoms with E-state index in [-0.39, 0.29) is 5.56 Å². The van der Waals surface area contributed by atoms with Gasteiger partial charge in [-0.05, 0) is 30.3 Å². The van der Waals surface area contributed by atoms with Crippen LogP contribution >= 0.6 is 0 Å². The first-order valence-electron chi connectivity index (χ1n) is 6.74. The molecule has 0 atom stereocenters. The van der Waals surface area contributed by atoms with Gasteiger partial charge in [0.1, 0.15) is 11.3 Å². The van der Waals surface area contributed by atoms with Crippen LogP contribution in [0, 0.1) is 11.3 Å². The minimum absolute atomic E-state index is 0.245. The van der Waals surface area contributed by atoms with Crippen LogP contribution in [0.2, 0.25) is 0 Å². The number of nitrogens with zero attached hydrogens (tertiary/aromatic N) is 1. The van der Waals surface area contributed by atoms with Crippen molar-refractivity contribution >= 4 is 17.6 Å². The van der Waals surface area contributed by atoms with E-state index >= 15 is 0 Å². The van der Waals surface area contributed by atoms with Crippen molar-refractivity contribution in [2.24, 2.45) is 0 Å². The van der Waals surface area contributed by atoms with E-state index in [1.54, 1.807) is 42.5 Å². The summed E-state index contributed by atoms with van der Waals surface area (Å²) in [5, 5.41) is 11.4. The summed E-state index contributed by atoms with van der Waals surface area (Å²) in [6.45, 7) is -0.437. The average molecular weight is 310 g/mol. The summed E-state index contributed by atoms with van der Waals surface area (Å²) in [4.78, 5) is 23.8. The van der Waals surface area contributed by atoms with Crippen molar-refractivity contribution in [1.82, 2.24) is 0 Å². The maximum Gasteiger partial charge on any atom is 0.342 e. The lowest BCUT2D eigenvalue weighted by Crippen LogP contribution is -2.21. The number of hydrogen-bond donors (Lipinski definition) is 1. The number of nitriles is 1. The summed E-state index contributed by atoms with van der Waals surface area (Å²) in [5.41, 5.74) is 1.13. The van der Waals surface area contributed by atoms with Crippen molar-refractivity contribution < 1.29 is 19.1 Å². The molecule has 0 aliphatic heterocycles. The first-order chi connectivity index (χ1) is 11.1. The van der Waals surface area contributed by atoms with Crippen LogP contribution in [0.1, 0.15) is 15.9 Å². The molecule has 1 amide bonds. The van der Waals surface area contributed by atoms with E-state index in [2.05, 4.69) is 5.32 Å². The third-order valence-electron chi connectivity index (χ3n) is 2.94. The number of ether oxygens (including phenoxy) is 2. The van der Waals surface area contributed by atoms with E-state index in [0.29, 0.717) is 17.0 Å². The first kappa shape index (κ1) is 16.0. The van der Waals surface area contributed by atoms with Gasteiger partial charge in [-0.25, -0.2) is 4.79 Å². The van der Waals surface area contributed by atoms with E-state index in [4.69, 9.17) is 14.7 Å². The molecule has 1 N–H and O–H groups in total. The molecule has 0 radical (unpaired) electrons. The average Bonchev–Trinajstić information content (AvgIpc) is 2.59. The molecular formula is C17H14N2O4. The van der Waals surface area contributed by atoms with Crippen molar-refractivity contribution in [3.8, 4) is 11.8 Å². The minimum Gasteiger partial charge on any atom is -0.496 e. The predicted molar refractivity (Wildman–Crippen MR) is 83.1 cm³/mol. The summed E-state index contributed by atoms with van der Waals surface area (Å²) in [7, 11) is 1.45. The van der Waals surface area contributed by atoms with Crippen molar-refractivity contribution in [2.75, 3.05) is 19.0 Å². The molecule has 2 rings (SSSR count). The summed E-state index contributed by atoms with van der Waals surface area (Å²) in [5.74, 6) is -0.772. The molecule has 23 heavy (non-hydrogen) atoms. The van der Waals surface area contributed by atoms with Gasteiger partial charge in [0.05, 0.1) is 18.7 Å². The highest BCUT2D eigenvalue weighted by atomic mass is 16.5. The molecule has 116 valence electrons. The number of rotatable bonds is 5. The summed E-state index contributed by atoms with van der Waals surface area (Å²) in [6.07, 6.45) is 0. The Balaban J connectivity index is 1.94. The number of methoxy groups -OCH3 is 1. The minimum atomic E-state index is -0.650. The van der Waals surface area contributed by atoms with Crippen LogP contribution in [0.15, 0.2) is 48.5 Å². The molecule has 0 spiro atoms. The van der Waals surface area contributed by atoms with Gasteiger partial charge < -0.3 is 14.8 Å². The first-order valence-corrected chi connectivity index (χ1v) is 6.74. The fourth-order valence-electron chi connectivity index (χ4n) is 1.89. The van der Waals surface area contributed by atoms with Gasteiger partial charge in [0.15, 0.2) is 6.61 Å². The zero-order chi connectivity index (χ0) is 16.7. The van der Waals surface area contributed by atoms with Crippen LogP contribution in [0.3, 0.4) is 0 Å². The van der Waals surface area contributed by atoms with Crippen LogP contribution < -0.4 is 10.1 Å². The summed E-state index contributed by atoms with van der Waals surface area (Å²) in [6, 6.07) is 15.0. The molecule has 0 aliphatic rings. The molecule has 0 aromatic heterocycles. The monoisotopic (exact) mass is 310 g/mol. The molecule has 0 saturated heterocycles. The molecule has 0 aliphatic carbocycles. The fraction of sp³-hybridized carbons (Fsp3) is 0.118. The Kier molecular flexibility index (Phi) is 5.31. The second-order valence-corrected chi connectivity index (χ2v) is 4.52. The van der Waals surface area contributed by atoms with Crippen molar-refractivity contribution in [2.45, 2.75) is 0 Å². The molecule has 6 nitrogen and oxygen atoms in total. The molecule has 0 heterocycles. The van der Waals surface area contributed by atoms with Gasteiger partial charge in [0, 0.05) is 5.69 Å². The largest absolute Gasteiger partial charge is 0.496 e. The Morgan fingerprint density at radius 1 is 1.17 bits per heavy atom. The van der Waals surface area contributed by atoms with E-state index in [1.165, 1.54) is 13.2 Å². The number of nitrogens with one attached hydrogen (secondary N) is 1. The second-order valence-electron chi connectivity index (χ2n) is 4.52. The van der Waals surface area contributed by atoms with E-state index < -0.39 is 18.5 Å². The lowest BCUT2D eigenvalue weighted by molar-refractivity contribution is -0.119. The molecule has 0 bridgehead atoms. The Bertz CT molecular complexity index is 765. The number of para-hydroxylation sites is 1. The highest BCUT2D eigenvalue weighted by Crippen LogP contribution is 2.18. The zero-order valence-electron chi connectivity index (χ0n) is 12.4. The Hall–Kier alpha value is -3.33. The normalized spacial score (nSPS) is 9.57. The molecule has 6 heteroatoms. The van der Waals surface area contributed by atoms with Crippen molar-refractivity contribution in [1.29, 1.82) is 5.26 Å². The van der Waals surface area contributed by atoms with Gasteiger partial charge in [-0.1, -0.05) is 18.2 Å². The van der Waals surface area contributed by atoms with Gasteiger partial charge in [-0.3, -0.25) is 4.79 Å². The van der Waals surface area contributed by atoms with Gasteiger partial charge in [0.2, 0.25) is 0 Å². The number of esters is 1. The SMILES string of the molecule is COc1ccccc1C(=O)OCC(=O)Nc1cccc(C#N)c1. The van der Waals surface area contributed by atoms with Crippen LogP contribution in [0.4, 0.5) is 5.69 Å². The third-order valence-corrected chi connectivity index (χ3v) is 2.94. The van der Waals surface area contributed by atoms with Gasteiger partial charge in [-0.2, -0.15) is 5.26 Å². The van der Waals surface area contributed by atoms with E-state index in [0.717, 1.165) is 0 Å². The topological polar surface area (TPSA) is 88.4 Å². The maximum absolute atomic E-state index is 12.0. The molecule has 0 unspecified atom stereocenters. The fourth-order valence-corrected chi connectivity index (χ4v) is 1.89. The highest BCUT2D eigenvalue weighted by Gasteiger charge is 2.14. The standard InChI is InChI=1S/C17H14N2O4/c1-22-15-8-3-2-7-14(15)17(21)23-11-16(20)19-13-6-4-5-12(9-13)10-18/h2-9H,11H2,1H3,(H,19,20). The highest BCUT2D eigenvalue weighted by molar-refractivity contribution is 5.96. The lowest BCUT2D eigenvalue weighted by Gasteiger charge is -2.09. The van der Waals surface area contributed by atoms with Gasteiger partial charge >= 0.3 is 5.97 Å². The summed E-state index contributed by atoms with van der Waals surface area (Å²) >= 11 is 0. The van der Waals surface area contributed by atoms with Crippen molar-refractivity contribution in [3.63, 3.8) is 0 Å². The number of amides is 1. The zero-order valence-corrected chi connectivity index (χ0v) is 12.4. The Morgan fingerprint density at radius 3 is 2.70 bits per heavy atom. The molecular weight excluding hydrogens is 296 g/mol. The number of anilines is 1. The summed E-state index contributed by atoms with van der Waals surface area (Å²) < 4.78 is 10.0. The molecule has 0 fully saturated rings. The molecule has 2 aromatic rings. The Morgan fingerprint density at radius 2 is 1.96 bits per heavy atom. The quantitative estimate of drug-likeness (QED) is 0.856. The smallest absolute Gasteiger partial charge is 0.342 e. The van der Waals surface area contributed by atoms with Gasteiger partial charge in [0.25, 0.3) is 5.91 Å². The number of benzene rings is 2. The van der Waals surface area contributed by atoms with E-state index in [1.807, 2.05) is 6.07 Å². The van der Waals surface area contributed by atoms with Crippen LogP contribution in [-0.2, 0) is 9.53 Å². The van der Waals surface area contributed by atoms with Crippen LogP contribution in [0.25, 0.3) is 0 Å². The number of carbonyl (C=O) groups excluding carboxylic acids is 2. The Labute approximate surface area is 133 Å². The number of hydrogen-bond acceptors (Lipinski definition) is 5. The van der Waals surface area contributed by atoms with E-state index in [9.17, 15) is 9.59 Å². The van der Waals surface area contributed by atoms with Crippen LogP contribution in [-0.4, -0.2) is 25.6 Å².